The average molecular weight is 326 g/mol. The number of rotatable bonds is 7. The van der Waals surface area contributed by atoms with Gasteiger partial charge in [-0.25, -0.2) is 9.07 Å². The summed E-state index contributed by atoms with van der Waals surface area (Å²) in [5, 5.41) is 4.54. The van der Waals surface area contributed by atoms with E-state index in [-0.39, 0.29) is 5.82 Å². The van der Waals surface area contributed by atoms with Gasteiger partial charge in [0.1, 0.15) is 5.82 Å². The van der Waals surface area contributed by atoms with Crippen molar-refractivity contribution < 1.29 is 4.39 Å². The molecule has 1 heterocycles. The molecule has 0 aliphatic rings. The predicted molar refractivity (Wildman–Crippen MR) is 99.0 cm³/mol. The molecule has 1 aromatic carbocycles. The van der Waals surface area contributed by atoms with Crippen LogP contribution in [0.1, 0.15) is 51.4 Å². The maximum Gasteiger partial charge on any atom is 0.123 e. The SMILES string of the molecule is CC(C)=CCC/C(C)=C/CCc1cc(C)nn1-c1ccc(F)cc1. The normalized spacial score (nSPS) is 11.6. The number of allylic oxidation sites excluding steroid dienone is 4. The topological polar surface area (TPSA) is 17.8 Å². The van der Waals surface area contributed by atoms with Gasteiger partial charge in [0, 0.05) is 5.69 Å². The molecule has 24 heavy (non-hydrogen) atoms. The van der Waals surface area contributed by atoms with Crippen LogP contribution >= 0.6 is 0 Å². The van der Waals surface area contributed by atoms with Gasteiger partial charge in [0.2, 0.25) is 0 Å². The van der Waals surface area contributed by atoms with Gasteiger partial charge in [0.15, 0.2) is 0 Å². The van der Waals surface area contributed by atoms with Gasteiger partial charge in [-0.15, -0.1) is 0 Å². The summed E-state index contributed by atoms with van der Waals surface area (Å²) >= 11 is 0. The lowest BCUT2D eigenvalue weighted by Crippen LogP contribution is -2.02. The van der Waals surface area contributed by atoms with E-state index in [0.29, 0.717) is 0 Å². The second kappa shape index (κ2) is 8.62. The molecule has 0 saturated heterocycles. The molecule has 0 radical (unpaired) electrons. The van der Waals surface area contributed by atoms with Crippen LogP contribution in [0.4, 0.5) is 4.39 Å². The van der Waals surface area contributed by atoms with Crippen LogP contribution in [0.5, 0.6) is 0 Å². The predicted octanol–water partition coefficient (Wildman–Crippen LogP) is 5.95. The Morgan fingerprint density at radius 2 is 1.79 bits per heavy atom. The van der Waals surface area contributed by atoms with Crippen LogP contribution in [0.3, 0.4) is 0 Å². The molecule has 0 saturated carbocycles. The highest BCUT2D eigenvalue weighted by molar-refractivity contribution is 5.34. The first-order valence-corrected chi connectivity index (χ1v) is 8.56. The molecular weight excluding hydrogens is 299 g/mol. The van der Waals surface area contributed by atoms with Crippen molar-refractivity contribution in [3.63, 3.8) is 0 Å². The molecule has 2 nitrogen and oxygen atoms in total. The van der Waals surface area contributed by atoms with E-state index in [1.807, 2.05) is 11.6 Å². The van der Waals surface area contributed by atoms with E-state index in [1.54, 1.807) is 12.1 Å². The number of aryl methyl sites for hydroxylation is 2. The molecular formula is C21H27FN2. The summed E-state index contributed by atoms with van der Waals surface area (Å²) in [5.74, 6) is -0.223. The van der Waals surface area contributed by atoms with Crippen molar-refractivity contribution in [2.75, 3.05) is 0 Å². The van der Waals surface area contributed by atoms with Crippen LogP contribution in [0.25, 0.3) is 5.69 Å². The fourth-order valence-electron chi connectivity index (χ4n) is 2.69. The highest BCUT2D eigenvalue weighted by Crippen LogP contribution is 2.16. The molecule has 2 aromatic rings. The quantitative estimate of drug-likeness (QED) is 0.575. The van der Waals surface area contributed by atoms with Gasteiger partial charge in [-0.2, -0.15) is 5.10 Å². The lowest BCUT2D eigenvalue weighted by atomic mass is 10.1. The van der Waals surface area contributed by atoms with Crippen molar-refractivity contribution in [3.05, 3.63) is 70.8 Å². The minimum atomic E-state index is -0.223. The number of aromatic nitrogens is 2. The summed E-state index contributed by atoms with van der Waals surface area (Å²) in [4.78, 5) is 0. The van der Waals surface area contributed by atoms with Gasteiger partial charge >= 0.3 is 0 Å². The molecule has 0 aliphatic heterocycles. The molecule has 0 N–H and O–H groups in total. The minimum absolute atomic E-state index is 0.223. The van der Waals surface area contributed by atoms with Crippen molar-refractivity contribution >= 4 is 0 Å². The molecule has 0 aliphatic carbocycles. The van der Waals surface area contributed by atoms with Gasteiger partial charge in [0.05, 0.1) is 11.4 Å². The Hall–Kier alpha value is -2.16. The maximum absolute atomic E-state index is 13.1. The van der Waals surface area contributed by atoms with Crippen LogP contribution in [-0.2, 0) is 6.42 Å². The van der Waals surface area contributed by atoms with E-state index < -0.39 is 0 Å². The highest BCUT2D eigenvalue weighted by Gasteiger charge is 2.07. The Morgan fingerprint density at radius 3 is 2.46 bits per heavy atom. The molecule has 3 heteroatoms. The summed E-state index contributed by atoms with van der Waals surface area (Å²) in [6.45, 7) is 8.46. The zero-order valence-electron chi connectivity index (χ0n) is 15.1. The lowest BCUT2D eigenvalue weighted by molar-refractivity contribution is 0.626. The van der Waals surface area contributed by atoms with Crippen LogP contribution in [0, 0.1) is 12.7 Å². The molecule has 128 valence electrons. The lowest BCUT2D eigenvalue weighted by Gasteiger charge is -2.07. The summed E-state index contributed by atoms with van der Waals surface area (Å²) in [7, 11) is 0. The Kier molecular flexibility index (Phi) is 6.53. The smallest absolute Gasteiger partial charge is 0.123 e. The van der Waals surface area contributed by atoms with E-state index >= 15 is 0 Å². The van der Waals surface area contributed by atoms with Gasteiger partial charge < -0.3 is 0 Å². The third-order valence-electron chi connectivity index (χ3n) is 3.96. The Balaban J connectivity index is 2.00. The number of benzene rings is 1. The summed E-state index contributed by atoms with van der Waals surface area (Å²) < 4.78 is 15.0. The standard InChI is InChI=1S/C21H27FN2/c1-16(2)7-5-8-17(3)9-6-10-21-15-18(4)23-24(21)20-13-11-19(22)12-14-20/h7,9,11-15H,5-6,8,10H2,1-4H3/b17-9+. The molecule has 2 rings (SSSR count). The van der Waals surface area contributed by atoms with Crippen molar-refractivity contribution in [2.45, 2.75) is 53.4 Å². The fraction of sp³-hybridized carbons (Fsp3) is 0.381. The molecule has 1 aromatic heterocycles. The Bertz CT molecular complexity index is 717. The fourth-order valence-corrected chi connectivity index (χ4v) is 2.69. The van der Waals surface area contributed by atoms with Crippen LogP contribution in [-0.4, -0.2) is 9.78 Å². The Morgan fingerprint density at radius 1 is 1.08 bits per heavy atom. The third-order valence-corrected chi connectivity index (χ3v) is 3.96. The van der Waals surface area contributed by atoms with E-state index in [4.69, 9.17) is 0 Å². The summed E-state index contributed by atoms with van der Waals surface area (Å²) in [5.41, 5.74) is 5.85. The van der Waals surface area contributed by atoms with E-state index in [1.165, 1.54) is 23.3 Å². The second-order valence-corrected chi connectivity index (χ2v) is 6.57. The second-order valence-electron chi connectivity index (χ2n) is 6.57. The average Bonchev–Trinajstić information content (AvgIpc) is 2.88. The third kappa shape index (κ3) is 5.48. The Labute approximate surface area is 144 Å². The number of hydrogen-bond acceptors (Lipinski definition) is 1. The zero-order chi connectivity index (χ0) is 17.5. The first-order chi connectivity index (χ1) is 11.5. The molecule has 0 spiro atoms. The summed E-state index contributed by atoms with van der Waals surface area (Å²) in [6.07, 6.45) is 8.74. The molecule has 0 fully saturated rings. The molecule has 0 unspecified atom stereocenters. The molecule has 0 atom stereocenters. The minimum Gasteiger partial charge on any atom is -0.238 e. The number of nitrogens with zero attached hydrogens (tertiary/aromatic N) is 2. The van der Waals surface area contributed by atoms with Crippen LogP contribution in [0.2, 0.25) is 0 Å². The first-order valence-electron chi connectivity index (χ1n) is 8.56. The van der Waals surface area contributed by atoms with Gasteiger partial charge in [0.25, 0.3) is 0 Å². The van der Waals surface area contributed by atoms with E-state index in [0.717, 1.165) is 42.8 Å². The van der Waals surface area contributed by atoms with Gasteiger partial charge in [-0.05, 0) is 83.7 Å². The highest BCUT2D eigenvalue weighted by atomic mass is 19.1. The van der Waals surface area contributed by atoms with E-state index in [2.05, 4.69) is 44.1 Å². The van der Waals surface area contributed by atoms with E-state index in [9.17, 15) is 4.39 Å². The van der Waals surface area contributed by atoms with Gasteiger partial charge in [-0.3, -0.25) is 0 Å². The van der Waals surface area contributed by atoms with Crippen molar-refractivity contribution in [1.29, 1.82) is 0 Å². The van der Waals surface area contributed by atoms with Crippen molar-refractivity contribution in [2.24, 2.45) is 0 Å². The monoisotopic (exact) mass is 326 g/mol. The van der Waals surface area contributed by atoms with Crippen LogP contribution < -0.4 is 0 Å². The summed E-state index contributed by atoms with van der Waals surface area (Å²) in [6, 6.07) is 8.60. The van der Waals surface area contributed by atoms with Crippen molar-refractivity contribution in [3.8, 4) is 5.69 Å². The number of halogens is 1. The zero-order valence-corrected chi connectivity index (χ0v) is 15.1. The van der Waals surface area contributed by atoms with Crippen LogP contribution in [0.15, 0.2) is 53.6 Å². The van der Waals surface area contributed by atoms with Gasteiger partial charge in [-0.1, -0.05) is 23.3 Å². The molecule has 0 bridgehead atoms. The maximum atomic E-state index is 13.1. The largest absolute Gasteiger partial charge is 0.238 e. The number of hydrogen-bond donors (Lipinski definition) is 0. The molecule has 0 amide bonds. The first kappa shape index (κ1) is 18.2. The van der Waals surface area contributed by atoms with Crippen molar-refractivity contribution in [1.82, 2.24) is 9.78 Å².